The molecule has 2 aliphatic rings. The number of carboxylic acid groups (broad SMARTS) is 1. The first-order chi connectivity index (χ1) is 10.2. The lowest BCUT2D eigenvalue weighted by Crippen LogP contribution is -2.51. The molecule has 3 rings (SSSR count). The minimum absolute atomic E-state index is 0.398. The van der Waals surface area contributed by atoms with Gasteiger partial charge in [0.2, 0.25) is 0 Å². The highest BCUT2D eigenvalue weighted by atomic mass is 16.5. The Balaban J connectivity index is 1.84. The molecule has 0 amide bonds. The second-order valence-electron chi connectivity index (χ2n) is 5.27. The molecule has 1 aromatic rings. The quantitative estimate of drug-likeness (QED) is 0.907. The van der Waals surface area contributed by atoms with Crippen LogP contribution in [0.1, 0.15) is 18.4 Å². The molecule has 1 aromatic carbocycles. The maximum absolute atomic E-state index is 11.1. The van der Waals surface area contributed by atoms with Crippen molar-refractivity contribution in [2.75, 3.05) is 26.9 Å². The van der Waals surface area contributed by atoms with Crippen molar-refractivity contribution in [3.05, 3.63) is 17.7 Å². The summed E-state index contributed by atoms with van der Waals surface area (Å²) in [7, 11) is 1.60. The van der Waals surface area contributed by atoms with E-state index in [-0.39, 0.29) is 0 Å². The van der Waals surface area contributed by atoms with E-state index in [1.807, 2.05) is 17.0 Å². The molecule has 2 aliphatic heterocycles. The summed E-state index contributed by atoms with van der Waals surface area (Å²) in [6.45, 7) is 2.58. The summed E-state index contributed by atoms with van der Waals surface area (Å²) in [5.74, 6) is 1.33. The minimum atomic E-state index is -0.769. The molecule has 1 N–H and O–H groups in total. The highest BCUT2D eigenvalue weighted by molar-refractivity contribution is 5.74. The van der Waals surface area contributed by atoms with Crippen LogP contribution in [0.15, 0.2) is 12.1 Å². The molecule has 6 nitrogen and oxygen atoms in total. The number of likely N-dealkylation sites (tertiary alicyclic amines) is 1. The molecule has 0 radical (unpaired) electrons. The summed E-state index contributed by atoms with van der Waals surface area (Å²) >= 11 is 0. The van der Waals surface area contributed by atoms with Crippen molar-refractivity contribution in [3.63, 3.8) is 0 Å². The van der Waals surface area contributed by atoms with Gasteiger partial charge < -0.3 is 19.3 Å². The van der Waals surface area contributed by atoms with Crippen molar-refractivity contribution in [3.8, 4) is 17.2 Å². The molecule has 1 fully saturated rings. The molecule has 1 atom stereocenters. The predicted octanol–water partition coefficient (Wildman–Crippen LogP) is 1.52. The number of carbonyl (C=O) groups is 1. The van der Waals surface area contributed by atoms with E-state index >= 15 is 0 Å². The Kier molecular flexibility index (Phi) is 3.88. The molecule has 21 heavy (non-hydrogen) atoms. The van der Waals surface area contributed by atoms with Crippen LogP contribution in [0.2, 0.25) is 0 Å². The largest absolute Gasteiger partial charge is 0.496 e. The average molecular weight is 293 g/mol. The third kappa shape index (κ3) is 2.76. The number of hydrogen-bond acceptors (Lipinski definition) is 5. The van der Waals surface area contributed by atoms with Crippen LogP contribution < -0.4 is 14.2 Å². The molecule has 2 heterocycles. The third-order valence-electron chi connectivity index (χ3n) is 3.94. The number of methoxy groups -OCH3 is 1. The molecule has 1 saturated heterocycles. The maximum Gasteiger partial charge on any atom is 0.320 e. The minimum Gasteiger partial charge on any atom is -0.496 e. The SMILES string of the molecule is COc1cc2c(cc1CN1CC[C@H]1C(=O)O)OCCCO2. The Labute approximate surface area is 123 Å². The van der Waals surface area contributed by atoms with Gasteiger partial charge in [0.1, 0.15) is 11.8 Å². The van der Waals surface area contributed by atoms with Gasteiger partial charge in [-0.1, -0.05) is 0 Å². The lowest BCUT2D eigenvalue weighted by molar-refractivity contribution is -0.148. The summed E-state index contributed by atoms with van der Waals surface area (Å²) < 4.78 is 16.7. The fourth-order valence-corrected chi connectivity index (χ4v) is 2.67. The van der Waals surface area contributed by atoms with E-state index in [2.05, 4.69) is 0 Å². The zero-order chi connectivity index (χ0) is 14.8. The number of rotatable bonds is 4. The Morgan fingerprint density at radius 2 is 2.10 bits per heavy atom. The van der Waals surface area contributed by atoms with Crippen molar-refractivity contribution in [1.82, 2.24) is 4.90 Å². The molecular weight excluding hydrogens is 274 g/mol. The summed E-state index contributed by atoms with van der Waals surface area (Å²) in [5, 5.41) is 9.12. The van der Waals surface area contributed by atoms with E-state index in [4.69, 9.17) is 19.3 Å². The van der Waals surface area contributed by atoms with E-state index in [9.17, 15) is 4.79 Å². The zero-order valence-electron chi connectivity index (χ0n) is 12.0. The summed E-state index contributed by atoms with van der Waals surface area (Å²) in [4.78, 5) is 13.0. The van der Waals surface area contributed by atoms with Gasteiger partial charge in [0.15, 0.2) is 11.5 Å². The molecule has 0 spiro atoms. The lowest BCUT2D eigenvalue weighted by Gasteiger charge is -2.38. The van der Waals surface area contributed by atoms with E-state index in [1.165, 1.54) is 0 Å². The Morgan fingerprint density at radius 1 is 1.38 bits per heavy atom. The van der Waals surface area contributed by atoms with Gasteiger partial charge in [-0.25, -0.2) is 0 Å². The molecule has 0 unspecified atom stereocenters. The predicted molar refractivity (Wildman–Crippen MR) is 75.1 cm³/mol. The normalized spacial score (nSPS) is 21.3. The van der Waals surface area contributed by atoms with Gasteiger partial charge in [0.05, 0.1) is 20.3 Å². The molecular formula is C15H19NO5. The number of nitrogens with zero attached hydrogens (tertiary/aromatic N) is 1. The van der Waals surface area contributed by atoms with E-state index in [0.717, 1.165) is 18.5 Å². The molecule has 114 valence electrons. The number of carboxylic acids is 1. The van der Waals surface area contributed by atoms with Crippen molar-refractivity contribution in [2.45, 2.75) is 25.4 Å². The van der Waals surface area contributed by atoms with Crippen molar-refractivity contribution in [2.24, 2.45) is 0 Å². The van der Waals surface area contributed by atoms with Gasteiger partial charge in [-0.05, 0) is 12.5 Å². The summed E-state index contributed by atoms with van der Waals surface area (Å²) in [6.07, 6.45) is 1.54. The molecule has 0 bridgehead atoms. The van der Waals surface area contributed by atoms with Gasteiger partial charge in [0.25, 0.3) is 0 Å². The summed E-state index contributed by atoms with van der Waals surface area (Å²) in [5.41, 5.74) is 0.924. The number of fused-ring (bicyclic) bond motifs is 1. The Morgan fingerprint density at radius 3 is 2.67 bits per heavy atom. The summed E-state index contributed by atoms with van der Waals surface area (Å²) in [6, 6.07) is 3.33. The second kappa shape index (κ2) is 5.81. The molecule has 6 heteroatoms. The van der Waals surface area contributed by atoms with Gasteiger partial charge >= 0.3 is 5.97 Å². The maximum atomic E-state index is 11.1. The van der Waals surface area contributed by atoms with Crippen LogP contribution in [0.25, 0.3) is 0 Å². The Hall–Kier alpha value is -1.95. The second-order valence-corrected chi connectivity index (χ2v) is 5.27. The van der Waals surface area contributed by atoms with Crippen LogP contribution in [0, 0.1) is 0 Å². The number of aliphatic carboxylic acids is 1. The van der Waals surface area contributed by atoms with Gasteiger partial charge in [0, 0.05) is 31.1 Å². The average Bonchev–Trinajstić information content (AvgIpc) is 2.66. The van der Waals surface area contributed by atoms with Crippen molar-refractivity contribution >= 4 is 5.97 Å². The standard InChI is InChI=1S/C15H19NO5/c1-19-12-8-14-13(20-5-2-6-21-14)7-10(12)9-16-4-3-11(16)15(17)18/h7-8,11H,2-6,9H2,1H3,(H,17,18)/t11-/m0/s1. The highest BCUT2D eigenvalue weighted by Gasteiger charge is 2.34. The van der Waals surface area contributed by atoms with Crippen LogP contribution in [0.5, 0.6) is 17.2 Å². The first-order valence-corrected chi connectivity index (χ1v) is 7.12. The third-order valence-corrected chi connectivity index (χ3v) is 3.94. The van der Waals surface area contributed by atoms with Crippen LogP contribution in [0.4, 0.5) is 0 Å². The van der Waals surface area contributed by atoms with Crippen molar-refractivity contribution in [1.29, 1.82) is 0 Å². The molecule has 0 aromatic heterocycles. The fourth-order valence-electron chi connectivity index (χ4n) is 2.67. The van der Waals surface area contributed by atoms with E-state index in [1.54, 1.807) is 7.11 Å². The van der Waals surface area contributed by atoms with Gasteiger partial charge in [-0.2, -0.15) is 0 Å². The fraction of sp³-hybridized carbons (Fsp3) is 0.533. The monoisotopic (exact) mass is 293 g/mol. The smallest absolute Gasteiger partial charge is 0.320 e. The van der Waals surface area contributed by atoms with Gasteiger partial charge in [-0.3, -0.25) is 9.69 Å². The number of benzene rings is 1. The first-order valence-electron chi connectivity index (χ1n) is 7.12. The van der Waals surface area contributed by atoms with E-state index in [0.29, 0.717) is 43.4 Å². The lowest BCUT2D eigenvalue weighted by atomic mass is 10.0. The highest BCUT2D eigenvalue weighted by Crippen LogP contribution is 2.37. The van der Waals surface area contributed by atoms with Gasteiger partial charge in [-0.15, -0.1) is 0 Å². The number of hydrogen-bond donors (Lipinski definition) is 1. The molecule has 0 aliphatic carbocycles. The van der Waals surface area contributed by atoms with Crippen LogP contribution in [0.3, 0.4) is 0 Å². The zero-order valence-corrected chi connectivity index (χ0v) is 12.0. The Bertz CT molecular complexity index is 545. The first kappa shape index (κ1) is 14.0. The van der Waals surface area contributed by atoms with Crippen LogP contribution >= 0.6 is 0 Å². The van der Waals surface area contributed by atoms with Crippen LogP contribution in [-0.4, -0.2) is 48.9 Å². The number of ether oxygens (including phenoxy) is 3. The topological polar surface area (TPSA) is 68.2 Å². The van der Waals surface area contributed by atoms with Crippen LogP contribution in [-0.2, 0) is 11.3 Å². The molecule has 0 saturated carbocycles. The van der Waals surface area contributed by atoms with E-state index < -0.39 is 12.0 Å². The van der Waals surface area contributed by atoms with Crippen molar-refractivity contribution < 1.29 is 24.1 Å².